The van der Waals surface area contributed by atoms with Gasteiger partial charge in [-0.2, -0.15) is 0 Å². The number of nitrogens with zero attached hydrogens (tertiary/aromatic N) is 1. The van der Waals surface area contributed by atoms with Crippen LogP contribution in [0.3, 0.4) is 0 Å². The van der Waals surface area contributed by atoms with Gasteiger partial charge in [0.05, 0.1) is 25.8 Å². The van der Waals surface area contributed by atoms with Crippen molar-refractivity contribution in [2.75, 3.05) is 19.7 Å². The Hall–Kier alpha value is -1.34. The average molecular weight is 205 g/mol. The minimum Gasteiger partial charge on any atom is -0.479 e. The maximum atomic E-state index is 10.6. The van der Waals surface area contributed by atoms with Crippen molar-refractivity contribution in [2.24, 2.45) is 0 Å². The molecule has 0 radical (unpaired) electrons. The molecule has 2 unspecified atom stereocenters. The SMILES string of the molecule is O=C(O)C1CN(C(=O)O)CC(CO)O1. The minimum atomic E-state index is -1.23. The molecular weight excluding hydrogens is 194 g/mol. The smallest absolute Gasteiger partial charge is 0.407 e. The molecular formula is C7H11NO6. The molecule has 80 valence electrons. The summed E-state index contributed by atoms with van der Waals surface area (Å²) < 4.78 is 4.92. The summed E-state index contributed by atoms with van der Waals surface area (Å²) in [6.07, 6.45) is -3.17. The van der Waals surface area contributed by atoms with Crippen molar-refractivity contribution in [2.45, 2.75) is 12.2 Å². The summed E-state index contributed by atoms with van der Waals surface area (Å²) >= 11 is 0. The molecule has 0 bridgehead atoms. The Balaban J connectivity index is 2.66. The van der Waals surface area contributed by atoms with Crippen LogP contribution in [0.2, 0.25) is 0 Å². The molecule has 0 aromatic carbocycles. The number of carbonyl (C=O) groups is 2. The number of aliphatic hydroxyl groups excluding tert-OH is 1. The van der Waals surface area contributed by atoms with Crippen LogP contribution in [0, 0.1) is 0 Å². The number of hydrogen-bond donors (Lipinski definition) is 3. The first kappa shape index (κ1) is 10.7. The van der Waals surface area contributed by atoms with Crippen molar-refractivity contribution in [3.05, 3.63) is 0 Å². The molecule has 1 amide bonds. The highest BCUT2D eigenvalue weighted by Gasteiger charge is 2.33. The largest absolute Gasteiger partial charge is 0.479 e. The van der Waals surface area contributed by atoms with Crippen LogP contribution in [0.15, 0.2) is 0 Å². The molecule has 0 spiro atoms. The first-order chi connectivity index (χ1) is 6.54. The van der Waals surface area contributed by atoms with E-state index in [2.05, 4.69) is 0 Å². The van der Waals surface area contributed by atoms with Crippen molar-refractivity contribution < 1.29 is 29.6 Å². The van der Waals surface area contributed by atoms with Gasteiger partial charge in [-0.1, -0.05) is 0 Å². The summed E-state index contributed by atoms with van der Waals surface area (Å²) in [5.41, 5.74) is 0. The molecule has 1 aliphatic heterocycles. The van der Waals surface area contributed by atoms with E-state index >= 15 is 0 Å². The van der Waals surface area contributed by atoms with Crippen LogP contribution < -0.4 is 0 Å². The number of aliphatic carboxylic acids is 1. The predicted molar refractivity (Wildman–Crippen MR) is 43.0 cm³/mol. The van der Waals surface area contributed by atoms with Crippen LogP contribution in [0.4, 0.5) is 4.79 Å². The van der Waals surface area contributed by atoms with Gasteiger partial charge >= 0.3 is 12.1 Å². The van der Waals surface area contributed by atoms with Crippen molar-refractivity contribution in [1.82, 2.24) is 4.90 Å². The number of carboxylic acids is 1. The van der Waals surface area contributed by atoms with E-state index in [0.29, 0.717) is 0 Å². The second kappa shape index (κ2) is 4.25. The lowest BCUT2D eigenvalue weighted by Crippen LogP contribution is -2.53. The van der Waals surface area contributed by atoms with E-state index in [1.165, 1.54) is 0 Å². The molecule has 0 saturated carbocycles. The molecule has 0 aromatic heterocycles. The molecule has 1 aliphatic rings. The molecule has 0 aliphatic carbocycles. The molecule has 1 heterocycles. The number of aliphatic hydroxyl groups is 1. The summed E-state index contributed by atoms with van der Waals surface area (Å²) in [7, 11) is 0. The molecule has 3 N–H and O–H groups in total. The van der Waals surface area contributed by atoms with Gasteiger partial charge in [0.1, 0.15) is 0 Å². The zero-order valence-electron chi connectivity index (χ0n) is 7.29. The lowest BCUT2D eigenvalue weighted by molar-refractivity contribution is -0.164. The summed E-state index contributed by atoms with van der Waals surface area (Å²) in [6, 6.07) is 0. The average Bonchev–Trinajstić information content (AvgIpc) is 2.16. The van der Waals surface area contributed by atoms with E-state index in [0.717, 1.165) is 4.90 Å². The maximum Gasteiger partial charge on any atom is 0.407 e. The Morgan fingerprint density at radius 1 is 1.36 bits per heavy atom. The van der Waals surface area contributed by atoms with E-state index in [4.69, 9.17) is 20.1 Å². The molecule has 1 rings (SSSR count). The quantitative estimate of drug-likeness (QED) is 0.523. The molecule has 2 atom stereocenters. The number of ether oxygens (including phenoxy) is 1. The van der Waals surface area contributed by atoms with E-state index in [9.17, 15) is 9.59 Å². The second-order valence-electron chi connectivity index (χ2n) is 2.96. The lowest BCUT2D eigenvalue weighted by atomic mass is 10.2. The Morgan fingerprint density at radius 2 is 2.00 bits per heavy atom. The third kappa shape index (κ3) is 2.33. The summed E-state index contributed by atoms with van der Waals surface area (Å²) in [5, 5.41) is 26.0. The second-order valence-corrected chi connectivity index (χ2v) is 2.96. The van der Waals surface area contributed by atoms with Gasteiger partial charge in [0, 0.05) is 0 Å². The lowest BCUT2D eigenvalue weighted by Gasteiger charge is -2.33. The zero-order chi connectivity index (χ0) is 10.7. The van der Waals surface area contributed by atoms with Gasteiger partial charge < -0.3 is 25.0 Å². The highest BCUT2D eigenvalue weighted by molar-refractivity contribution is 5.74. The molecule has 7 heteroatoms. The first-order valence-corrected chi connectivity index (χ1v) is 4.01. The molecule has 1 fully saturated rings. The van der Waals surface area contributed by atoms with E-state index in [-0.39, 0.29) is 13.1 Å². The zero-order valence-corrected chi connectivity index (χ0v) is 7.29. The fraction of sp³-hybridized carbons (Fsp3) is 0.714. The van der Waals surface area contributed by atoms with Crippen LogP contribution >= 0.6 is 0 Å². The van der Waals surface area contributed by atoms with E-state index < -0.39 is 30.9 Å². The van der Waals surface area contributed by atoms with Gasteiger partial charge in [-0.25, -0.2) is 9.59 Å². The number of hydrogen-bond acceptors (Lipinski definition) is 4. The topological polar surface area (TPSA) is 107 Å². The Labute approximate surface area is 79.5 Å². The maximum absolute atomic E-state index is 10.6. The van der Waals surface area contributed by atoms with E-state index in [1.54, 1.807) is 0 Å². The summed E-state index contributed by atoms with van der Waals surface area (Å²) in [6.45, 7) is -0.607. The fourth-order valence-corrected chi connectivity index (χ4v) is 1.23. The standard InChI is InChI=1S/C7H11NO6/c9-3-4-1-8(7(12)13)2-5(14-4)6(10)11/h4-5,9H,1-3H2,(H,10,11)(H,12,13). The Kier molecular flexibility index (Phi) is 3.26. The van der Waals surface area contributed by atoms with Gasteiger partial charge in [0.2, 0.25) is 0 Å². The molecule has 0 aromatic rings. The monoisotopic (exact) mass is 205 g/mol. The van der Waals surface area contributed by atoms with Crippen molar-refractivity contribution in [3.8, 4) is 0 Å². The molecule has 1 saturated heterocycles. The van der Waals surface area contributed by atoms with Gasteiger partial charge in [0.25, 0.3) is 0 Å². The van der Waals surface area contributed by atoms with Crippen molar-refractivity contribution >= 4 is 12.1 Å². The molecule has 7 nitrogen and oxygen atoms in total. The van der Waals surface area contributed by atoms with Gasteiger partial charge in [-0.15, -0.1) is 0 Å². The van der Waals surface area contributed by atoms with Gasteiger partial charge in [-0.3, -0.25) is 0 Å². The number of carboxylic acid groups (broad SMARTS) is 2. The fourth-order valence-electron chi connectivity index (χ4n) is 1.23. The van der Waals surface area contributed by atoms with Gasteiger partial charge in [0.15, 0.2) is 6.10 Å². The number of rotatable bonds is 2. The third-order valence-electron chi connectivity index (χ3n) is 1.92. The highest BCUT2D eigenvalue weighted by Crippen LogP contribution is 2.11. The normalized spacial score (nSPS) is 27.4. The van der Waals surface area contributed by atoms with Crippen LogP contribution in [0.5, 0.6) is 0 Å². The third-order valence-corrected chi connectivity index (χ3v) is 1.92. The highest BCUT2D eigenvalue weighted by atomic mass is 16.5. The Morgan fingerprint density at radius 3 is 2.43 bits per heavy atom. The predicted octanol–water partition coefficient (Wildman–Crippen LogP) is -1.19. The summed E-state index contributed by atoms with van der Waals surface area (Å²) in [4.78, 5) is 22.1. The molecule has 14 heavy (non-hydrogen) atoms. The van der Waals surface area contributed by atoms with Crippen molar-refractivity contribution in [3.63, 3.8) is 0 Å². The van der Waals surface area contributed by atoms with Crippen LogP contribution in [0.1, 0.15) is 0 Å². The first-order valence-electron chi connectivity index (χ1n) is 4.01. The van der Waals surface area contributed by atoms with Crippen LogP contribution in [-0.2, 0) is 9.53 Å². The number of amides is 1. The van der Waals surface area contributed by atoms with Gasteiger partial charge in [-0.05, 0) is 0 Å². The Bertz CT molecular complexity index is 220. The van der Waals surface area contributed by atoms with Crippen LogP contribution in [0.25, 0.3) is 0 Å². The van der Waals surface area contributed by atoms with E-state index in [1.807, 2.05) is 0 Å². The van der Waals surface area contributed by atoms with Crippen LogP contribution in [-0.4, -0.2) is 64.2 Å². The van der Waals surface area contributed by atoms with Crippen molar-refractivity contribution in [1.29, 1.82) is 0 Å². The number of morpholine rings is 1. The minimum absolute atomic E-state index is 0.00435. The summed E-state index contributed by atoms with van der Waals surface area (Å²) in [5.74, 6) is -1.23.